The SMILES string of the molecule is CC(C)CCC1C=CC(C2C=CC(O)C3C(O)C4C(O)[C@]5(O)C(O)C(C(C)O)=CC[C@@H]5C[C@@H]4CC23)CC1. The molecule has 0 amide bonds. The maximum absolute atomic E-state index is 11.7. The van der Waals surface area contributed by atoms with E-state index >= 15 is 0 Å². The van der Waals surface area contributed by atoms with Crippen molar-refractivity contribution in [3.8, 4) is 0 Å². The average molecular weight is 517 g/mol. The third-order valence-electron chi connectivity index (χ3n) is 10.9. The summed E-state index contributed by atoms with van der Waals surface area (Å²) in [6.07, 6.45) is 11.8. The van der Waals surface area contributed by atoms with Crippen LogP contribution in [0.25, 0.3) is 0 Å². The standard InChI is InChI=1S/C31H48O6/c1-16(2)4-5-18-6-8-19(9-7-18)23-12-13-25(33)27-24(23)15-20-14-21-10-11-22(17(3)32)29(35)31(21,37)30(36)26(20)28(27)34/h6,8,11-13,16-21,23-30,32-37H,4-5,7,9-10,14-15H2,1-3H3/t17?,18?,19?,20-,21-,23?,24?,25?,26?,27?,28?,29?,30?,31-/m1/s1. The van der Waals surface area contributed by atoms with Crippen LogP contribution in [-0.4, -0.2) is 66.8 Å². The second kappa shape index (κ2) is 10.5. The predicted octanol–water partition coefficient (Wildman–Crippen LogP) is 2.97. The van der Waals surface area contributed by atoms with Crippen LogP contribution in [0.15, 0.2) is 36.0 Å². The zero-order valence-corrected chi connectivity index (χ0v) is 22.6. The lowest BCUT2D eigenvalue weighted by molar-refractivity contribution is -0.254. The molecule has 0 aromatic heterocycles. The summed E-state index contributed by atoms with van der Waals surface area (Å²) in [6, 6.07) is 0. The maximum atomic E-state index is 11.7. The van der Waals surface area contributed by atoms with Crippen LogP contribution in [-0.2, 0) is 0 Å². The Bertz CT molecular complexity index is 909. The molecular weight excluding hydrogens is 468 g/mol. The first-order chi connectivity index (χ1) is 17.5. The third-order valence-corrected chi connectivity index (χ3v) is 10.9. The van der Waals surface area contributed by atoms with Crippen LogP contribution in [0.4, 0.5) is 0 Å². The van der Waals surface area contributed by atoms with Crippen LogP contribution in [0.1, 0.15) is 65.7 Å². The van der Waals surface area contributed by atoms with E-state index in [1.54, 1.807) is 6.92 Å². The fourth-order valence-corrected chi connectivity index (χ4v) is 8.83. The zero-order chi connectivity index (χ0) is 26.6. The minimum atomic E-state index is -1.82. The van der Waals surface area contributed by atoms with E-state index in [-0.39, 0.29) is 23.7 Å². The average Bonchev–Trinajstić information content (AvgIpc) is 2.85. The highest BCUT2D eigenvalue weighted by atomic mass is 16.4. The molecule has 6 N–H and O–H groups in total. The van der Waals surface area contributed by atoms with Gasteiger partial charge in [0.15, 0.2) is 0 Å². The molecule has 6 nitrogen and oxygen atoms in total. The highest BCUT2D eigenvalue weighted by Crippen LogP contribution is 2.58. The highest BCUT2D eigenvalue weighted by molar-refractivity contribution is 5.28. The van der Waals surface area contributed by atoms with E-state index in [0.717, 1.165) is 12.8 Å². The van der Waals surface area contributed by atoms with Crippen LogP contribution in [0.5, 0.6) is 0 Å². The Hall–Kier alpha value is -1.02. The molecule has 0 heterocycles. The van der Waals surface area contributed by atoms with Crippen molar-refractivity contribution in [1.29, 1.82) is 0 Å². The van der Waals surface area contributed by atoms with Crippen molar-refractivity contribution < 1.29 is 30.6 Å². The molecule has 0 saturated heterocycles. The summed E-state index contributed by atoms with van der Waals surface area (Å²) < 4.78 is 0. The zero-order valence-electron chi connectivity index (χ0n) is 22.6. The Kier molecular flexibility index (Phi) is 7.83. The van der Waals surface area contributed by atoms with Gasteiger partial charge in [0.2, 0.25) is 0 Å². The van der Waals surface area contributed by atoms with Gasteiger partial charge in [-0.25, -0.2) is 0 Å². The van der Waals surface area contributed by atoms with Gasteiger partial charge in [0, 0.05) is 11.8 Å². The van der Waals surface area contributed by atoms with Crippen LogP contribution < -0.4 is 0 Å². The topological polar surface area (TPSA) is 121 Å². The number of hydrogen-bond donors (Lipinski definition) is 6. The molecule has 37 heavy (non-hydrogen) atoms. The normalized spacial score (nSPS) is 50.2. The maximum Gasteiger partial charge on any atom is 0.124 e. The summed E-state index contributed by atoms with van der Waals surface area (Å²) in [4.78, 5) is 0. The van der Waals surface area contributed by atoms with Crippen molar-refractivity contribution in [3.63, 3.8) is 0 Å². The lowest BCUT2D eigenvalue weighted by atomic mass is 9.49. The van der Waals surface area contributed by atoms with Crippen molar-refractivity contribution in [2.45, 2.75) is 102 Å². The second-order valence-electron chi connectivity index (χ2n) is 13.4. The van der Waals surface area contributed by atoms with E-state index in [4.69, 9.17) is 0 Å². The number of allylic oxidation sites excluding steroid dienone is 4. The van der Waals surface area contributed by atoms with E-state index in [1.807, 2.05) is 12.2 Å². The predicted molar refractivity (Wildman–Crippen MR) is 142 cm³/mol. The first-order valence-corrected chi connectivity index (χ1v) is 14.7. The van der Waals surface area contributed by atoms with Crippen LogP contribution in [0.2, 0.25) is 0 Å². The van der Waals surface area contributed by atoms with E-state index < -0.39 is 48.0 Å². The van der Waals surface area contributed by atoms with Crippen LogP contribution in [0, 0.1) is 53.3 Å². The Labute approximate surface area is 221 Å². The molecule has 14 atom stereocenters. The van der Waals surface area contributed by atoms with Crippen molar-refractivity contribution >= 4 is 0 Å². The molecule has 6 heteroatoms. The first kappa shape index (κ1) is 27.5. The molecule has 5 aliphatic carbocycles. The lowest BCUT2D eigenvalue weighted by Crippen LogP contribution is -2.70. The van der Waals surface area contributed by atoms with Crippen molar-refractivity contribution in [2.24, 2.45) is 53.3 Å². The van der Waals surface area contributed by atoms with Gasteiger partial charge in [-0.2, -0.15) is 0 Å². The minimum Gasteiger partial charge on any atom is -0.392 e. The second-order valence-corrected chi connectivity index (χ2v) is 13.4. The molecule has 5 aliphatic rings. The molecule has 2 saturated carbocycles. The van der Waals surface area contributed by atoms with Crippen molar-refractivity contribution in [1.82, 2.24) is 0 Å². The summed E-state index contributed by atoms with van der Waals surface area (Å²) in [6.45, 7) is 6.09. The summed E-state index contributed by atoms with van der Waals surface area (Å²) >= 11 is 0. The summed E-state index contributed by atoms with van der Waals surface area (Å²) in [5.74, 6) is 0.693. The molecule has 5 rings (SSSR count). The third kappa shape index (κ3) is 4.70. The number of aliphatic hydroxyl groups excluding tert-OH is 5. The largest absolute Gasteiger partial charge is 0.392 e. The molecular formula is C31H48O6. The molecule has 0 spiro atoms. The summed E-state index contributed by atoms with van der Waals surface area (Å²) in [7, 11) is 0. The first-order valence-electron chi connectivity index (χ1n) is 14.7. The van der Waals surface area contributed by atoms with Gasteiger partial charge in [0.25, 0.3) is 0 Å². The van der Waals surface area contributed by atoms with Crippen molar-refractivity contribution in [3.05, 3.63) is 36.0 Å². The monoisotopic (exact) mass is 516 g/mol. The molecule has 0 aliphatic heterocycles. The van der Waals surface area contributed by atoms with Gasteiger partial charge in [-0.05, 0) is 92.4 Å². The smallest absolute Gasteiger partial charge is 0.124 e. The number of hydrogen-bond acceptors (Lipinski definition) is 6. The molecule has 0 radical (unpaired) electrons. The minimum absolute atomic E-state index is 0.00205. The van der Waals surface area contributed by atoms with Crippen LogP contribution >= 0.6 is 0 Å². The van der Waals surface area contributed by atoms with Gasteiger partial charge in [0.05, 0.1) is 24.4 Å². The molecule has 0 aromatic carbocycles. The molecule has 208 valence electrons. The Morgan fingerprint density at radius 3 is 2.35 bits per heavy atom. The number of aliphatic hydroxyl groups is 6. The van der Waals surface area contributed by atoms with Gasteiger partial charge >= 0.3 is 0 Å². The number of fused-ring (bicyclic) bond motifs is 3. The lowest BCUT2D eigenvalue weighted by Gasteiger charge is -2.60. The fourth-order valence-electron chi connectivity index (χ4n) is 8.83. The Morgan fingerprint density at radius 2 is 1.70 bits per heavy atom. The van der Waals surface area contributed by atoms with Gasteiger partial charge < -0.3 is 30.6 Å². The molecule has 11 unspecified atom stereocenters. The van der Waals surface area contributed by atoms with Crippen molar-refractivity contribution in [2.75, 3.05) is 0 Å². The summed E-state index contributed by atoms with van der Waals surface area (Å²) in [5, 5.41) is 67.0. The van der Waals surface area contributed by atoms with Gasteiger partial charge in [-0.15, -0.1) is 0 Å². The van der Waals surface area contributed by atoms with E-state index in [1.165, 1.54) is 19.3 Å². The quantitative estimate of drug-likeness (QED) is 0.313. The number of rotatable bonds is 5. The van der Waals surface area contributed by atoms with E-state index in [2.05, 4.69) is 32.1 Å². The Balaban J connectivity index is 1.37. The molecule has 0 aromatic rings. The highest BCUT2D eigenvalue weighted by Gasteiger charge is 2.64. The Morgan fingerprint density at radius 1 is 0.946 bits per heavy atom. The van der Waals surface area contributed by atoms with Gasteiger partial charge in [-0.3, -0.25) is 0 Å². The fraction of sp³-hybridized carbons (Fsp3) is 0.806. The van der Waals surface area contributed by atoms with E-state index in [9.17, 15) is 30.6 Å². The van der Waals surface area contributed by atoms with Crippen LogP contribution in [0.3, 0.4) is 0 Å². The molecule has 0 bridgehead atoms. The van der Waals surface area contributed by atoms with E-state index in [0.29, 0.717) is 36.2 Å². The van der Waals surface area contributed by atoms with Gasteiger partial charge in [0.1, 0.15) is 11.7 Å². The van der Waals surface area contributed by atoms with Gasteiger partial charge in [-0.1, -0.05) is 50.6 Å². The summed E-state index contributed by atoms with van der Waals surface area (Å²) in [5.41, 5.74) is -1.49. The molecule has 2 fully saturated rings.